The first-order valence-electron chi connectivity index (χ1n) is 5.31. The van der Waals surface area contributed by atoms with Crippen molar-refractivity contribution in [2.24, 2.45) is 0 Å². The van der Waals surface area contributed by atoms with Crippen LogP contribution >= 0.6 is 0 Å². The van der Waals surface area contributed by atoms with Gasteiger partial charge in [-0.15, -0.1) is 0 Å². The highest BCUT2D eigenvalue weighted by Gasteiger charge is 2.23. The Morgan fingerprint density at radius 1 is 1.18 bits per heavy atom. The van der Waals surface area contributed by atoms with Crippen LogP contribution in [0, 0.1) is 0 Å². The summed E-state index contributed by atoms with van der Waals surface area (Å²) >= 11 is 0. The lowest BCUT2D eigenvalue weighted by Gasteiger charge is -1.98. The quantitative estimate of drug-likeness (QED) is 0.652. The Morgan fingerprint density at radius 2 is 2.00 bits per heavy atom. The summed E-state index contributed by atoms with van der Waals surface area (Å²) in [5.41, 5.74) is 9.21. The average Bonchev–Trinajstić information content (AvgIpc) is 2.87. The monoisotopic (exact) mass is 225 g/mol. The van der Waals surface area contributed by atoms with E-state index in [1.807, 2.05) is 24.3 Å². The molecule has 0 spiro atoms. The summed E-state index contributed by atoms with van der Waals surface area (Å²) in [6.07, 6.45) is 3.48. The van der Waals surface area contributed by atoms with Gasteiger partial charge >= 0.3 is 0 Å². The van der Waals surface area contributed by atoms with Gasteiger partial charge in [0.2, 0.25) is 5.78 Å². The van der Waals surface area contributed by atoms with Crippen molar-refractivity contribution in [1.29, 1.82) is 0 Å². The third kappa shape index (κ3) is 1.50. The van der Waals surface area contributed by atoms with E-state index in [4.69, 9.17) is 5.73 Å². The van der Waals surface area contributed by atoms with Gasteiger partial charge in [0.25, 0.3) is 0 Å². The summed E-state index contributed by atoms with van der Waals surface area (Å²) < 4.78 is 0. The van der Waals surface area contributed by atoms with Crippen LogP contribution in [0.25, 0.3) is 6.08 Å². The average molecular weight is 225 g/mol. The highest BCUT2D eigenvalue weighted by Crippen LogP contribution is 2.28. The van der Waals surface area contributed by atoms with E-state index in [2.05, 4.69) is 10.3 Å². The van der Waals surface area contributed by atoms with E-state index in [0.29, 0.717) is 16.9 Å². The summed E-state index contributed by atoms with van der Waals surface area (Å²) in [4.78, 5) is 15.0. The minimum Gasteiger partial charge on any atom is -0.397 e. The molecule has 0 unspecified atom stereocenters. The number of carbonyl (C=O) groups is 1. The number of hydrogen-bond donors (Lipinski definition) is 3. The molecule has 17 heavy (non-hydrogen) atoms. The predicted molar refractivity (Wildman–Crippen MR) is 67.6 cm³/mol. The maximum atomic E-state index is 12.0. The third-order valence-corrected chi connectivity index (χ3v) is 2.79. The van der Waals surface area contributed by atoms with Gasteiger partial charge in [-0.1, -0.05) is 12.1 Å². The number of allylic oxidation sites excluding steroid dienone is 1. The molecule has 1 aliphatic heterocycles. The molecular weight excluding hydrogens is 214 g/mol. The van der Waals surface area contributed by atoms with Crippen molar-refractivity contribution in [2.45, 2.75) is 0 Å². The number of H-pyrrole nitrogens is 1. The topological polar surface area (TPSA) is 70.9 Å². The van der Waals surface area contributed by atoms with Crippen molar-refractivity contribution in [3.05, 3.63) is 53.5 Å². The molecular formula is C13H11N3O. The molecule has 2 aromatic rings. The molecule has 1 aromatic carbocycles. The number of hydrogen-bond acceptors (Lipinski definition) is 3. The van der Waals surface area contributed by atoms with Gasteiger partial charge in [-0.3, -0.25) is 4.79 Å². The molecule has 4 heteroatoms. The highest BCUT2D eigenvalue weighted by molar-refractivity contribution is 6.20. The van der Waals surface area contributed by atoms with Crippen molar-refractivity contribution < 1.29 is 4.79 Å². The Hall–Kier alpha value is -2.49. The van der Waals surface area contributed by atoms with Crippen LogP contribution in [0.5, 0.6) is 0 Å². The van der Waals surface area contributed by atoms with Crippen LogP contribution in [-0.2, 0) is 0 Å². The van der Waals surface area contributed by atoms with E-state index in [9.17, 15) is 4.79 Å². The molecule has 1 aliphatic rings. The zero-order valence-corrected chi connectivity index (χ0v) is 9.03. The Morgan fingerprint density at radius 3 is 2.71 bits per heavy atom. The van der Waals surface area contributed by atoms with Gasteiger partial charge in [0.15, 0.2) is 0 Å². The van der Waals surface area contributed by atoms with Crippen molar-refractivity contribution in [3.63, 3.8) is 0 Å². The van der Waals surface area contributed by atoms with E-state index in [1.54, 1.807) is 18.3 Å². The number of rotatable bonds is 1. The normalized spacial score (nSPS) is 16.0. The first-order valence-corrected chi connectivity index (χ1v) is 5.31. The van der Waals surface area contributed by atoms with Crippen molar-refractivity contribution in [1.82, 2.24) is 4.98 Å². The number of Topliss-reactive ketones (excluding diaryl/α,β-unsaturated/α-hetero) is 1. The van der Waals surface area contributed by atoms with Crippen LogP contribution in [0.3, 0.4) is 0 Å². The second-order valence-electron chi connectivity index (χ2n) is 3.90. The van der Waals surface area contributed by atoms with Crippen molar-refractivity contribution in [3.8, 4) is 0 Å². The lowest BCUT2D eigenvalue weighted by atomic mass is 10.1. The van der Waals surface area contributed by atoms with Gasteiger partial charge in [0.05, 0.1) is 17.1 Å². The largest absolute Gasteiger partial charge is 0.397 e. The maximum absolute atomic E-state index is 12.0. The van der Waals surface area contributed by atoms with Crippen molar-refractivity contribution >= 4 is 23.2 Å². The second kappa shape index (κ2) is 3.52. The molecule has 84 valence electrons. The molecule has 0 aliphatic carbocycles. The van der Waals surface area contributed by atoms with E-state index in [1.165, 1.54) is 0 Å². The summed E-state index contributed by atoms with van der Waals surface area (Å²) in [5.74, 6) is -0.00500. The van der Waals surface area contributed by atoms with E-state index in [0.717, 1.165) is 11.4 Å². The van der Waals surface area contributed by atoms with Crippen molar-refractivity contribution in [2.75, 3.05) is 11.1 Å². The minimum atomic E-state index is -0.00500. The summed E-state index contributed by atoms with van der Waals surface area (Å²) in [6, 6.07) is 9.20. The summed E-state index contributed by atoms with van der Waals surface area (Å²) in [5, 5.41) is 3.09. The molecule has 0 saturated heterocycles. The van der Waals surface area contributed by atoms with E-state index < -0.39 is 0 Å². The zero-order valence-electron chi connectivity index (χ0n) is 9.03. The molecule has 1 aromatic heterocycles. The van der Waals surface area contributed by atoms with E-state index >= 15 is 0 Å². The fraction of sp³-hybridized carbons (Fsp3) is 0. The fourth-order valence-electron chi connectivity index (χ4n) is 1.90. The molecule has 0 radical (unpaired) electrons. The second-order valence-corrected chi connectivity index (χ2v) is 3.90. The molecule has 0 atom stereocenters. The molecule has 4 nitrogen and oxygen atoms in total. The molecule has 0 amide bonds. The van der Waals surface area contributed by atoms with Gasteiger partial charge in [0.1, 0.15) is 0 Å². The fourth-order valence-corrected chi connectivity index (χ4v) is 1.90. The number of carbonyl (C=O) groups excluding carboxylic acids is 1. The lowest BCUT2D eigenvalue weighted by molar-refractivity contribution is 0.104. The number of para-hydroxylation sites is 1. The van der Waals surface area contributed by atoms with Crippen LogP contribution in [0.2, 0.25) is 0 Å². The van der Waals surface area contributed by atoms with Gasteiger partial charge in [-0.25, -0.2) is 0 Å². The van der Waals surface area contributed by atoms with Gasteiger partial charge in [-0.2, -0.15) is 0 Å². The number of benzene rings is 1. The summed E-state index contributed by atoms with van der Waals surface area (Å²) in [7, 11) is 0. The number of nitrogens with one attached hydrogen (secondary N) is 2. The van der Waals surface area contributed by atoms with Gasteiger partial charge < -0.3 is 16.0 Å². The van der Waals surface area contributed by atoms with Crippen LogP contribution in [-0.4, -0.2) is 10.8 Å². The Kier molecular flexibility index (Phi) is 2.01. The van der Waals surface area contributed by atoms with Crippen LogP contribution in [0.1, 0.15) is 16.1 Å². The van der Waals surface area contributed by atoms with Crippen LogP contribution in [0.15, 0.2) is 42.2 Å². The molecule has 0 bridgehead atoms. The number of aromatic nitrogens is 1. The molecule has 3 rings (SSSR count). The van der Waals surface area contributed by atoms with Gasteiger partial charge in [-0.05, 0) is 24.3 Å². The van der Waals surface area contributed by atoms with E-state index in [-0.39, 0.29) is 5.78 Å². The third-order valence-electron chi connectivity index (χ3n) is 2.79. The van der Waals surface area contributed by atoms with Crippen LogP contribution < -0.4 is 11.1 Å². The predicted octanol–water partition coefficient (Wildman–Crippen LogP) is 2.25. The van der Waals surface area contributed by atoms with Crippen LogP contribution in [0.4, 0.5) is 11.4 Å². The number of ketones is 1. The SMILES string of the molecule is Nc1cc[nH]c1/C=C1/Nc2ccccc2C1=O. The number of aromatic amines is 1. The zero-order chi connectivity index (χ0) is 11.8. The lowest BCUT2D eigenvalue weighted by Crippen LogP contribution is -2.00. The first-order chi connectivity index (χ1) is 8.25. The number of nitrogen functional groups attached to an aromatic ring is 1. The Balaban J connectivity index is 2.02. The number of nitrogens with two attached hydrogens (primary N) is 1. The van der Waals surface area contributed by atoms with Gasteiger partial charge in [0, 0.05) is 17.4 Å². The minimum absolute atomic E-state index is 0.00500. The standard InChI is InChI=1S/C13H11N3O/c14-9-5-6-15-11(9)7-12-13(17)8-3-1-2-4-10(8)16-12/h1-7,15-16H,14H2/b12-7+. The first kappa shape index (κ1) is 9.72. The highest BCUT2D eigenvalue weighted by atomic mass is 16.1. The Bertz CT molecular complexity index is 625. The maximum Gasteiger partial charge on any atom is 0.211 e. The molecule has 0 saturated carbocycles. The molecule has 4 N–H and O–H groups in total. The smallest absolute Gasteiger partial charge is 0.211 e. The molecule has 2 heterocycles. The Labute approximate surface area is 98.1 Å². The molecule has 0 fully saturated rings. The number of fused-ring (bicyclic) bond motifs is 1. The summed E-state index contributed by atoms with van der Waals surface area (Å²) in [6.45, 7) is 0. The number of anilines is 2.